The molecule has 0 saturated carbocycles. The summed E-state index contributed by atoms with van der Waals surface area (Å²) >= 11 is 0. The van der Waals surface area contributed by atoms with Gasteiger partial charge in [-0.15, -0.1) is 5.10 Å². The maximum absolute atomic E-state index is 5.53. The van der Waals surface area contributed by atoms with Crippen molar-refractivity contribution >= 4 is 0 Å². The van der Waals surface area contributed by atoms with Gasteiger partial charge in [0.1, 0.15) is 0 Å². The number of nitrogens with zero attached hydrogens (tertiary/aromatic N) is 3. The first-order valence-electron chi connectivity index (χ1n) is 7.03. The molecule has 0 aliphatic rings. The fourth-order valence-electron chi connectivity index (χ4n) is 2.48. The van der Waals surface area contributed by atoms with Gasteiger partial charge in [0.2, 0.25) is 0 Å². The number of nitrogens with one attached hydrogen (secondary N) is 1. The van der Waals surface area contributed by atoms with E-state index in [1.165, 1.54) is 0 Å². The summed E-state index contributed by atoms with van der Waals surface area (Å²) in [5.41, 5.74) is 2.00. The summed E-state index contributed by atoms with van der Waals surface area (Å²) in [6.45, 7) is 2.95. The second-order valence-electron chi connectivity index (χ2n) is 4.69. The highest BCUT2D eigenvalue weighted by Crippen LogP contribution is 2.36. The fraction of sp³-hybridized carbons (Fsp3) is 0.467. The number of methoxy groups -OCH3 is 2. The van der Waals surface area contributed by atoms with Crippen molar-refractivity contribution < 1.29 is 9.47 Å². The molecule has 0 aliphatic heterocycles. The first-order valence-corrected chi connectivity index (χ1v) is 7.03. The van der Waals surface area contributed by atoms with E-state index in [2.05, 4.69) is 22.6 Å². The molecule has 6 nitrogen and oxygen atoms in total. The number of rotatable bonds is 7. The first kappa shape index (κ1) is 15.3. The van der Waals surface area contributed by atoms with Crippen molar-refractivity contribution in [3.8, 4) is 11.5 Å². The van der Waals surface area contributed by atoms with Crippen LogP contribution in [0, 0.1) is 0 Å². The van der Waals surface area contributed by atoms with Crippen molar-refractivity contribution in [2.45, 2.75) is 25.9 Å². The van der Waals surface area contributed by atoms with Crippen molar-refractivity contribution in [3.63, 3.8) is 0 Å². The van der Waals surface area contributed by atoms with Gasteiger partial charge in [-0.05, 0) is 19.5 Å². The summed E-state index contributed by atoms with van der Waals surface area (Å²) in [6, 6.07) is 5.80. The summed E-state index contributed by atoms with van der Waals surface area (Å²) in [5.74, 6) is 1.44. The van der Waals surface area contributed by atoms with Crippen LogP contribution in [-0.4, -0.2) is 36.3 Å². The van der Waals surface area contributed by atoms with Crippen LogP contribution in [0.1, 0.15) is 30.6 Å². The Morgan fingerprint density at radius 3 is 2.71 bits per heavy atom. The van der Waals surface area contributed by atoms with Crippen molar-refractivity contribution in [3.05, 3.63) is 35.7 Å². The lowest BCUT2D eigenvalue weighted by atomic mass is 10.0. The maximum atomic E-state index is 5.53. The third kappa shape index (κ3) is 3.00. The molecule has 1 atom stereocenters. The minimum atomic E-state index is -0.0587. The van der Waals surface area contributed by atoms with Gasteiger partial charge in [-0.2, -0.15) is 0 Å². The number of benzene rings is 1. The normalized spacial score (nSPS) is 12.2. The summed E-state index contributed by atoms with van der Waals surface area (Å²) in [6.07, 6.45) is 2.79. The SMILES string of the molecule is CCCn1nncc1C(NC)c1cccc(OC)c1OC. The molecule has 0 radical (unpaired) electrons. The van der Waals surface area contributed by atoms with Gasteiger partial charge >= 0.3 is 0 Å². The molecule has 6 heteroatoms. The monoisotopic (exact) mass is 290 g/mol. The second-order valence-corrected chi connectivity index (χ2v) is 4.69. The third-order valence-corrected chi connectivity index (χ3v) is 3.41. The predicted octanol–water partition coefficient (Wildman–Crippen LogP) is 2.01. The molecule has 0 bridgehead atoms. The lowest BCUT2D eigenvalue weighted by molar-refractivity contribution is 0.348. The van der Waals surface area contributed by atoms with E-state index in [4.69, 9.17) is 9.47 Å². The van der Waals surface area contributed by atoms with Gasteiger partial charge in [0.25, 0.3) is 0 Å². The second kappa shape index (κ2) is 7.08. The van der Waals surface area contributed by atoms with E-state index in [1.54, 1.807) is 20.4 Å². The largest absolute Gasteiger partial charge is 0.493 e. The molecule has 2 rings (SSSR count). The minimum Gasteiger partial charge on any atom is -0.493 e. The highest BCUT2D eigenvalue weighted by atomic mass is 16.5. The highest BCUT2D eigenvalue weighted by molar-refractivity contribution is 5.49. The molecule has 0 fully saturated rings. The molecular weight excluding hydrogens is 268 g/mol. The van der Waals surface area contributed by atoms with E-state index < -0.39 is 0 Å². The topological polar surface area (TPSA) is 61.2 Å². The van der Waals surface area contributed by atoms with Gasteiger partial charge in [0.05, 0.1) is 32.2 Å². The fourth-order valence-corrected chi connectivity index (χ4v) is 2.48. The van der Waals surface area contributed by atoms with Gasteiger partial charge in [0, 0.05) is 12.1 Å². The van der Waals surface area contributed by atoms with Crippen LogP contribution >= 0.6 is 0 Å². The predicted molar refractivity (Wildman–Crippen MR) is 80.8 cm³/mol. The van der Waals surface area contributed by atoms with Crippen molar-refractivity contribution in [2.24, 2.45) is 0 Å². The van der Waals surface area contributed by atoms with Crippen LogP contribution in [0.15, 0.2) is 24.4 Å². The summed E-state index contributed by atoms with van der Waals surface area (Å²) in [7, 11) is 5.20. The molecule has 0 amide bonds. The molecule has 1 unspecified atom stereocenters. The average molecular weight is 290 g/mol. The van der Waals surface area contributed by atoms with E-state index in [1.807, 2.05) is 29.9 Å². The van der Waals surface area contributed by atoms with E-state index in [-0.39, 0.29) is 6.04 Å². The van der Waals surface area contributed by atoms with Crippen LogP contribution in [-0.2, 0) is 6.54 Å². The molecule has 21 heavy (non-hydrogen) atoms. The number of aromatic nitrogens is 3. The van der Waals surface area contributed by atoms with Crippen molar-refractivity contribution in [1.82, 2.24) is 20.3 Å². The Balaban J connectivity index is 2.48. The minimum absolute atomic E-state index is 0.0587. The van der Waals surface area contributed by atoms with E-state index in [0.717, 1.165) is 30.0 Å². The Hall–Kier alpha value is -2.08. The number of para-hydroxylation sites is 1. The summed E-state index contributed by atoms with van der Waals surface area (Å²) in [4.78, 5) is 0. The van der Waals surface area contributed by atoms with Crippen molar-refractivity contribution in [1.29, 1.82) is 0 Å². The molecule has 1 aromatic carbocycles. The zero-order valence-corrected chi connectivity index (χ0v) is 13.0. The van der Waals surface area contributed by atoms with Crippen LogP contribution in [0.4, 0.5) is 0 Å². The molecule has 0 spiro atoms. The van der Waals surface area contributed by atoms with Crippen LogP contribution in [0.3, 0.4) is 0 Å². The van der Waals surface area contributed by atoms with Gasteiger partial charge in [0.15, 0.2) is 11.5 Å². The average Bonchev–Trinajstić information content (AvgIpc) is 2.96. The zero-order valence-electron chi connectivity index (χ0n) is 13.0. The number of ether oxygens (including phenoxy) is 2. The maximum Gasteiger partial charge on any atom is 0.165 e. The quantitative estimate of drug-likeness (QED) is 0.845. The van der Waals surface area contributed by atoms with Crippen LogP contribution in [0.2, 0.25) is 0 Å². The molecule has 0 aliphatic carbocycles. The van der Waals surface area contributed by atoms with Crippen LogP contribution in [0.25, 0.3) is 0 Å². The Labute approximate surface area is 125 Å². The Morgan fingerprint density at radius 1 is 1.29 bits per heavy atom. The molecule has 1 N–H and O–H groups in total. The Bertz CT molecular complexity index is 583. The number of hydrogen-bond acceptors (Lipinski definition) is 5. The smallest absolute Gasteiger partial charge is 0.165 e. The van der Waals surface area contributed by atoms with E-state index in [0.29, 0.717) is 5.75 Å². The molecule has 1 aromatic heterocycles. The van der Waals surface area contributed by atoms with Gasteiger partial charge in [-0.25, -0.2) is 4.68 Å². The van der Waals surface area contributed by atoms with Crippen molar-refractivity contribution in [2.75, 3.05) is 21.3 Å². The number of aryl methyl sites for hydroxylation is 1. The van der Waals surface area contributed by atoms with Gasteiger partial charge in [-0.3, -0.25) is 0 Å². The number of hydrogen-bond donors (Lipinski definition) is 1. The molecular formula is C15H22N4O2. The van der Waals surface area contributed by atoms with Gasteiger partial charge < -0.3 is 14.8 Å². The van der Waals surface area contributed by atoms with E-state index >= 15 is 0 Å². The Kier molecular flexibility index (Phi) is 5.16. The summed E-state index contributed by atoms with van der Waals surface area (Å²) < 4.78 is 12.8. The van der Waals surface area contributed by atoms with Gasteiger partial charge in [-0.1, -0.05) is 24.3 Å². The lowest BCUT2D eigenvalue weighted by Crippen LogP contribution is -2.22. The molecule has 114 valence electrons. The Morgan fingerprint density at radius 2 is 2.10 bits per heavy atom. The lowest BCUT2D eigenvalue weighted by Gasteiger charge is -2.21. The first-order chi connectivity index (χ1) is 10.3. The molecule has 0 saturated heterocycles. The zero-order chi connectivity index (χ0) is 15.2. The molecule has 1 heterocycles. The van der Waals surface area contributed by atoms with Crippen LogP contribution < -0.4 is 14.8 Å². The third-order valence-electron chi connectivity index (χ3n) is 3.41. The van der Waals surface area contributed by atoms with E-state index in [9.17, 15) is 0 Å². The molecule has 2 aromatic rings. The van der Waals surface area contributed by atoms with Crippen LogP contribution in [0.5, 0.6) is 11.5 Å². The summed E-state index contributed by atoms with van der Waals surface area (Å²) in [5, 5.41) is 11.5. The highest BCUT2D eigenvalue weighted by Gasteiger charge is 2.22. The standard InChI is InChI=1S/C15H22N4O2/c1-5-9-19-12(10-17-18-19)14(16-2)11-7-6-8-13(20-3)15(11)21-4/h6-8,10,14,16H,5,9H2,1-4H3.